The van der Waals surface area contributed by atoms with Gasteiger partial charge in [-0.1, -0.05) is 18.2 Å². The van der Waals surface area contributed by atoms with Crippen molar-refractivity contribution in [2.45, 2.75) is 13.5 Å². The fraction of sp³-hybridized carbons (Fsp3) is 0.316. The Bertz CT molecular complexity index is 804. The van der Waals surface area contributed by atoms with E-state index in [2.05, 4.69) is 10.3 Å². The zero-order chi connectivity index (χ0) is 18.5. The molecular weight excluding hydrogens is 335 g/mol. The maximum atomic E-state index is 13.7. The van der Waals surface area contributed by atoms with Gasteiger partial charge >= 0.3 is 0 Å². The van der Waals surface area contributed by atoms with E-state index in [4.69, 9.17) is 0 Å². The topological polar surface area (TPSA) is 65.5 Å². The van der Waals surface area contributed by atoms with Crippen LogP contribution in [0.25, 0.3) is 0 Å². The number of nitrogens with one attached hydrogen (secondary N) is 1. The summed E-state index contributed by atoms with van der Waals surface area (Å²) in [7, 11) is 0. The molecule has 1 aliphatic heterocycles. The lowest BCUT2D eigenvalue weighted by Crippen LogP contribution is -2.50. The third kappa shape index (κ3) is 4.17. The SMILES string of the molecule is CC(=O)N1CCN(C(=O)c2cncc(NCc3ccccc3F)c2)CC1. The molecule has 1 aromatic heterocycles. The molecule has 0 atom stereocenters. The smallest absolute Gasteiger partial charge is 0.255 e. The Kier molecular flexibility index (Phi) is 5.46. The van der Waals surface area contributed by atoms with Gasteiger partial charge in [0.25, 0.3) is 5.91 Å². The minimum atomic E-state index is -0.275. The van der Waals surface area contributed by atoms with Crippen LogP contribution in [0.3, 0.4) is 0 Å². The summed E-state index contributed by atoms with van der Waals surface area (Å²) < 4.78 is 13.7. The number of pyridine rings is 1. The van der Waals surface area contributed by atoms with Crippen LogP contribution in [0.2, 0.25) is 0 Å². The first-order valence-corrected chi connectivity index (χ1v) is 8.51. The van der Waals surface area contributed by atoms with Crippen LogP contribution in [0.1, 0.15) is 22.8 Å². The molecule has 0 bridgehead atoms. The van der Waals surface area contributed by atoms with E-state index in [-0.39, 0.29) is 17.6 Å². The highest BCUT2D eigenvalue weighted by atomic mass is 19.1. The highest BCUT2D eigenvalue weighted by Gasteiger charge is 2.23. The predicted octanol–water partition coefficient (Wildman–Crippen LogP) is 2.14. The normalized spacial score (nSPS) is 14.2. The van der Waals surface area contributed by atoms with Gasteiger partial charge in [0, 0.05) is 57.6 Å². The fourth-order valence-corrected chi connectivity index (χ4v) is 2.90. The molecule has 136 valence electrons. The molecule has 0 unspecified atom stereocenters. The van der Waals surface area contributed by atoms with Crippen LogP contribution in [0, 0.1) is 5.82 Å². The van der Waals surface area contributed by atoms with Gasteiger partial charge in [-0.3, -0.25) is 14.6 Å². The molecule has 2 aromatic rings. The monoisotopic (exact) mass is 356 g/mol. The zero-order valence-corrected chi connectivity index (χ0v) is 14.6. The van der Waals surface area contributed by atoms with Gasteiger partial charge in [-0.05, 0) is 12.1 Å². The Morgan fingerprint density at radius 3 is 2.50 bits per heavy atom. The van der Waals surface area contributed by atoms with Gasteiger partial charge in [0.2, 0.25) is 5.91 Å². The van der Waals surface area contributed by atoms with Crippen molar-refractivity contribution in [3.8, 4) is 0 Å². The summed E-state index contributed by atoms with van der Waals surface area (Å²) in [6.07, 6.45) is 3.12. The van der Waals surface area contributed by atoms with E-state index in [1.54, 1.807) is 40.3 Å². The number of halogens is 1. The third-order valence-electron chi connectivity index (χ3n) is 4.44. The number of carbonyl (C=O) groups is 2. The van der Waals surface area contributed by atoms with Gasteiger partial charge in [-0.15, -0.1) is 0 Å². The van der Waals surface area contributed by atoms with E-state index in [1.165, 1.54) is 19.2 Å². The molecule has 3 rings (SSSR count). The van der Waals surface area contributed by atoms with Crippen molar-refractivity contribution in [2.75, 3.05) is 31.5 Å². The number of piperazine rings is 1. The van der Waals surface area contributed by atoms with Crippen LogP contribution in [-0.4, -0.2) is 52.8 Å². The van der Waals surface area contributed by atoms with Crippen LogP contribution in [0.4, 0.5) is 10.1 Å². The molecule has 7 heteroatoms. The van der Waals surface area contributed by atoms with E-state index < -0.39 is 0 Å². The van der Waals surface area contributed by atoms with Crippen molar-refractivity contribution >= 4 is 17.5 Å². The minimum absolute atomic E-state index is 0.0260. The first-order valence-electron chi connectivity index (χ1n) is 8.51. The highest BCUT2D eigenvalue weighted by Crippen LogP contribution is 2.15. The summed E-state index contributed by atoms with van der Waals surface area (Å²) in [6.45, 7) is 3.94. The van der Waals surface area contributed by atoms with Gasteiger partial charge in [0.15, 0.2) is 0 Å². The van der Waals surface area contributed by atoms with Crippen molar-refractivity contribution in [1.82, 2.24) is 14.8 Å². The molecule has 6 nitrogen and oxygen atoms in total. The fourth-order valence-electron chi connectivity index (χ4n) is 2.90. The average Bonchev–Trinajstić information content (AvgIpc) is 2.67. The lowest BCUT2D eigenvalue weighted by Gasteiger charge is -2.34. The molecule has 2 heterocycles. The number of carbonyl (C=O) groups excluding carboxylic acids is 2. The molecule has 1 fully saturated rings. The van der Waals surface area contributed by atoms with Crippen LogP contribution < -0.4 is 5.32 Å². The van der Waals surface area contributed by atoms with Crippen LogP contribution in [0.15, 0.2) is 42.7 Å². The standard InChI is InChI=1S/C19H21FN4O2/c1-14(25)23-6-8-24(9-7-23)19(26)16-10-17(13-21-11-16)22-12-15-4-2-3-5-18(15)20/h2-5,10-11,13,22H,6-9,12H2,1H3. The summed E-state index contributed by atoms with van der Waals surface area (Å²) in [5, 5.41) is 3.10. The number of benzene rings is 1. The Morgan fingerprint density at radius 1 is 1.12 bits per heavy atom. The number of hydrogen-bond donors (Lipinski definition) is 1. The molecule has 2 amide bonds. The van der Waals surface area contributed by atoms with E-state index in [9.17, 15) is 14.0 Å². The van der Waals surface area contributed by atoms with Crippen LogP contribution in [-0.2, 0) is 11.3 Å². The number of anilines is 1. The number of amides is 2. The highest BCUT2D eigenvalue weighted by molar-refractivity contribution is 5.95. The van der Waals surface area contributed by atoms with E-state index >= 15 is 0 Å². The number of aromatic nitrogens is 1. The van der Waals surface area contributed by atoms with Gasteiger partial charge in [-0.25, -0.2) is 4.39 Å². The summed E-state index contributed by atoms with van der Waals surface area (Å²) in [5.41, 5.74) is 1.67. The van der Waals surface area contributed by atoms with Crippen molar-refractivity contribution in [3.05, 3.63) is 59.7 Å². The van der Waals surface area contributed by atoms with Gasteiger partial charge in [0.05, 0.1) is 11.3 Å². The van der Waals surface area contributed by atoms with Crippen LogP contribution >= 0.6 is 0 Å². The molecule has 0 spiro atoms. The minimum Gasteiger partial charge on any atom is -0.380 e. The lowest BCUT2D eigenvalue weighted by atomic mass is 10.2. The Hall–Kier alpha value is -2.96. The first kappa shape index (κ1) is 17.8. The van der Waals surface area contributed by atoms with Crippen molar-refractivity contribution < 1.29 is 14.0 Å². The number of rotatable bonds is 4. The molecule has 1 N–H and O–H groups in total. The Morgan fingerprint density at radius 2 is 1.81 bits per heavy atom. The third-order valence-corrected chi connectivity index (χ3v) is 4.44. The van der Waals surface area contributed by atoms with Crippen molar-refractivity contribution in [1.29, 1.82) is 0 Å². The second kappa shape index (κ2) is 7.95. The summed E-state index contributed by atoms with van der Waals surface area (Å²) >= 11 is 0. The molecule has 0 radical (unpaired) electrons. The quantitative estimate of drug-likeness (QED) is 0.912. The lowest BCUT2D eigenvalue weighted by molar-refractivity contribution is -0.130. The predicted molar refractivity (Wildman–Crippen MR) is 96.1 cm³/mol. The number of hydrogen-bond acceptors (Lipinski definition) is 4. The van der Waals surface area contributed by atoms with Gasteiger partial charge in [-0.2, -0.15) is 0 Å². The summed E-state index contributed by atoms with van der Waals surface area (Å²) in [4.78, 5) is 31.6. The van der Waals surface area contributed by atoms with E-state index in [0.717, 1.165) is 0 Å². The van der Waals surface area contributed by atoms with Crippen molar-refractivity contribution in [2.24, 2.45) is 0 Å². The summed E-state index contributed by atoms with van der Waals surface area (Å²) in [6, 6.07) is 8.26. The molecule has 1 aliphatic rings. The Labute approximate surface area is 151 Å². The maximum absolute atomic E-state index is 13.7. The van der Waals surface area contributed by atoms with Crippen LogP contribution in [0.5, 0.6) is 0 Å². The molecule has 1 saturated heterocycles. The second-order valence-corrected chi connectivity index (χ2v) is 6.21. The first-order chi connectivity index (χ1) is 12.5. The molecule has 0 aliphatic carbocycles. The molecule has 0 saturated carbocycles. The average molecular weight is 356 g/mol. The van der Waals surface area contributed by atoms with Crippen molar-refractivity contribution in [3.63, 3.8) is 0 Å². The molecular formula is C19H21FN4O2. The Balaban J connectivity index is 1.63. The molecule has 26 heavy (non-hydrogen) atoms. The zero-order valence-electron chi connectivity index (χ0n) is 14.6. The van der Waals surface area contributed by atoms with Gasteiger partial charge in [0.1, 0.15) is 5.82 Å². The summed E-state index contributed by atoms with van der Waals surface area (Å²) in [5.74, 6) is -0.364. The largest absolute Gasteiger partial charge is 0.380 e. The number of nitrogens with zero attached hydrogens (tertiary/aromatic N) is 3. The second-order valence-electron chi connectivity index (χ2n) is 6.21. The van der Waals surface area contributed by atoms with Gasteiger partial charge < -0.3 is 15.1 Å². The van der Waals surface area contributed by atoms with E-state index in [0.29, 0.717) is 49.5 Å². The molecule has 1 aromatic carbocycles. The van der Waals surface area contributed by atoms with E-state index in [1.807, 2.05) is 0 Å². The maximum Gasteiger partial charge on any atom is 0.255 e.